The minimum Gasteiger partial charge on any atom is -0.462 e. The Hall–Kier alpha value is -0.570. The van der Waals surface area contributed by atoms with Crippen molar-refractivity contribution in [2.45, 2.75) is 45.6 Å². The van der Waals surface area contributed by atoms with E-state index < -0.39 is 0 Å². The van der Waals surface area contributed by atoms with Gasteiger partial charge in [-0.05, 0) is 38.1 Å². The van der Waals surface area contributed by atoms with Crippen LogP contribution in [-0.4, -0.2) is 25.2 Å². The lowest BCUT2D eigenvalue weighted by Crippen LogP contribution is -2.42. The van der Waals surface area contributed by atoms with Crippen molar-refractivity contribution in [2.75, 3.05) is 13.1 Å². The van der Waals surface area contributed by atoms with Gasteiger partial charge in [0.2, 0.25) is 0 Å². The molecule has 0 aromatic carbocycles. The third kappa shape index (κ3) is 1.89. The fourth-order valence-electron chi connectivity index (χ4n) is 2.37. The summed E-state index contributed by atoms with van der Waals surface area (Å²) in [6, 6.07) is 0. The Balaban J connectivity index is 2.00. The van der Waals surface area contributed by atoms with Gasteiger partial charge >= 0.3 is 5.97 Å². The van der Waals surface area contributed by atoms with Crippen LogP contribution in [0.1, 0.15) is 39.5 Å². The predicted molar refractivity (Wildman–Crippen MR) is 58.5 cm³/mol. The summed E-state index contributed by atoms with van der Waals surface area (Å²) in [7, 11) is 0. The molecule has 1 N–H and O–H groups in total. The molecule has 0 radical (unpaired) electrons. The zero-order valence-corrected chi connectivity index (χ0v) is 9.71. The highest BCUT2D eigenvalue weighted by molar-refractivity contribution is 5.78. The van der Waals surface area contributed by atoms with Crippen molar-refractivity contribution >= 4 is 5.97 Å². The molecule has 1 saturated carbocycles. The van der Waals surface area contributed by atoms with Crippen LogP contribution < -0.4 is 5.32 Å². The van der Waals surface area contributed by atoms with Crippen LogP contribution in [0.25, 0.3) is 0 Å². The first-order valence-electron chi connectivity index (χ1n) is 6.07. The van der Waals surface area contributed by atoms with Crippen LogP contribution in [0.4, 0.5) is 0 Å². The molecule has 0 aromatic rings. The normalized spacial score (nSPS) is 31.7. The van der Waals surface area contributed by atoms with Gasteiger partial charge in [0.15, 0.2) is 0 Å². The zero-order chi connectivity index (χ0) is 10.9. The molecule has 86 valence electrons. The van der Waals surface area contributed by atoms with Crippen molar-refractivity contribution in [3.8, 4) is 0 Å². The van der Waals surface area contributed by atoms with Gasteiger partial charge in [0.25, 0.3) is 0 Å². The molecule has 1 saturated heterocycles. The molecular formula is C12H21NO2. The first-order chi connectivity index (χ1) is 7.15. The Morgan fingerprint density at radius 3 is 2.60 bits per heavy atom. The SMILES string of the molecule is CC(C)C1(C(=O)OC2CCC2)CCNC1. The molecule has 2 aliphatic rings. The largest absolute Gasteiger partial charge is 0.462 e. The van der Waals surface area contributed by atoms with E-state index in [9.17, 15) is 4.79 Å². The average Bonchev–Trinajstić information content (AvgIpc) is 2.60. The van der Waals surface area contributed by atoms with Crippen LogP contribution >= 0.6 is 0 Å². The Morgan fingerprint density at radius 2 is 2.20 bits per heavy atom. The highest BCUT2D eigenvalue weighted by atomic mass is 16.5. The van der Waals surface area contributed by atoms with Crippen LogP contribution in [0.5, 0.6) is 0 Å². The van der Waals surface area contributed by atoms with Gasteiger partial charge in [-0.3, -0.25) is 4.79 Å². The Kier molecular flexibility index (Phi) is 3.01. The summed E-state index contributed by atoms with van der Waals surface area (Å²) in [5.74, 6) is 0.396. The Labute approximate surface area is 91.6 Å². The minimum absolute atomic E-state index is 0.0344. The number of carbonyl (C=O) groups is 1. The second-order valence-corrected chi connectivity index (χ2v) is 5.20. The molecule has 3 heteroatoms. The summed E-state index contributed by atoms with van der Waals surface area (Å²) < 4.78 is 5.56. The summed E-state index contributed by atoms with van der Waals surface area (Å²) in [6.45, 7) is 5.97. The number of rotatable bonds is 3. The first-order valence-corrected chi connectivity index (χ1v) is 6.07. The van der Waals surface area contributed by atoms with Crippen molar-refractivity contribution in [1.29, 1.82) is 0 Å². The van der Waals surface area contributed by atoms with E-state index in [-0.39, 0.29) is 17.5 Å². The van der Waals surface area contributed by atoms with Crippen molar-refractivity contribution in [1.82, 2.24) is 5.32 Å². The van der Waals surface area contributed by atoms with Crippen LogP contribution in [0.3, 0.4) is 0 Å². The van der Waals surface area contributed by atoms with E-state index in [1.807, 2.05) is 0 Å². The van der Waals surface area contributed by atoms with E-state index in [2.05, 4.69) is 19.2 Å². The van der Waals surface area contributed by atoms with Gasteiger partial charge < -0.3 is 10.1 Å². The molecule has 1 heterocycles. The zero-order valence-electron chi connectivity index (χ0n) is 9.71. The van der Waals surface area contributed by atoms with Gasteiger partial charge in [-0.1, -0.05) is 13.8 Å². The maximum absolute atomic E-state index is 12.1. The molecule has 0 bridgehead atoms. The number of carbonyl (C=O) groups excluding carboxylic acids is 1. The van der Waals surface area contributed by atoms with Crippen LogP contribution in [0.15, 0.2) is 0 Å². The molecule has 2 rings (SSSR count). The molecule has 3 nitrogen and oxygen atoms in total. The van der Waals surface area contributed by atoms with Crippen molar-refractivity contribution < 1.29 is 9.53 Å². The topological polar surface area (TPSA) is 38.3 Å². The average molecular weight is 211 g/mol. The lowest BCUT2D eigenvalue weighted by Gasteiger charge is -2.34. The van der Waals surface area contributed by atoms with E-state index >= 15 is 0 Å². The van der Waals surface area contributed by atoms with Crippen LogP contribution in [0, 0.1) is 11.3 Å². The molecule has 1 atom stereocenters. The summed E-state index contributed by atoms with van der Waals surface area (Å²) in [5.41, 5.74) is -0.254. The van der Waals surface area contributed by atoms with Gasteiger partial charge in [-0.25, -0.2) is 0 Å². The number of nitrogens with one attached hydrogen (secondary N) is 1. The molecule has 0 spiro atoms. The maximum atomic E-state index is 12.1. The number of ether oxygens (including phenoxy) is 1. The molecular weight excluding hydrogens is 190 g/mol. The summed E-state index contributed by atoms with van der Waals surface area (Å²) in [4.78, 5) is 12.1. The Bertz CT molecular complexity index is 240. The molecule has 1 aliphatic heterocycles. The predicted octanol–water partition coefficient (Wildman–Crippen LogP) is 1.72. The van der Waals surface area contributed by atoms with Crippen molar-refractivity contribution in [3.05, 3.63) is 0 Å². The summed E-state index contributed by atoms with van der Waals surface area (Å²) in [6.07, 6.45) is 4.48. The smallest absolute Gasteiger partial charge is 0.313 e. The quantitative estimate of drug-likeness (QED) is 0.722. The second kappa shape index (κ2) is 4.12. The highest BCUT2D eigenvalue weighted by Crippen LogP contribution is 2.37. The van der Waals surface area contributed by atoms with Crippen molar-refractivity contribution in [2.24, 2.45) is 11.3 Å². The van der Waals surface area contributed by atoms with Gasteiger partial charge in [-0.15, -0.1) is 0 Å². The monoisotopic (exact) mass is 211 g/mol. The van der Waals surface area contributed by atoms with E-state index in [1.54, 1.807) is 0 Å². The van der Waals surface area contributed by atoms with Crippen LogP contribution in [0.2, 0.25) is 0 Å². The highest BCUT2D eigenvalue weighted by Gasteiger charge is 2.46. The van der Waals surface area contributed by atoms with E-state index in [4.69, 9.17) is 4.74 Å². The van der Waals surface area contributed by atoms with Gasteiger partial charge in [-0.2, -0.15) is 0 Å². The summed E-state index contributed by atoms with van der Waals surface area (Å²) in [5, 5.41) is 3.28. The van der Waals surface area contributed by atoms with Gasteiger partial charge in [0, 0.05) is 6.54 Å². The number of esters is 1. The maximum Gasteiger partial charge on any atom is 0.313 e. The van der Waals surface area contributed by atoms with E-state index in [1.165, 1.54) is 6.42 Å². The molecule has 0 aromatic heterocycles. The second-order valence-electron chi connectivity index (χ2n) is 5.20. The molecule has 0 amide bonds. The van der Waals surface area contributed by atoms with Gasteiger partial charge in [0.1, 0.15) is 6.10 Å². The lowest BCUT2D eigenvalue weighted by atomic mass is 9.76. The molecule has 1 unspecified atom stereocenters. The van der Waals surface area contributed by atoms with E-state index in [0.717, 1.165) is 32.4 Å². The standard InChI is InChI=1S/C12H21NO2/c1-9(2)12(6-7-13-8-12)11(14)15-10-4-3-5-10/h9-10,13H,3-8H2,1-2H3. The lowest BCUT2D eigenvalue weighted by molar-refractivity contribution is -0.167. The minimum atomic E-state index is -0.254. The van der Waals surface area contributed by atoms with Crippen molar-refractivity contribution in [3.63, 3.8) is 0 Å². The first kappa shape index (κ1) is 10.9. The molecule has 1 aliphatic carbocycles. The summed E-state index contributed by atoms with van der Waals surface area (Å²) >= 11 is 0. The van der Waals surface area contributed by atoms with Gasteiger partial charge in [0.05, 0.1) is 5.41 Å². The van der Waals surface area contributed by atoms with Crippen LogP contribution in [-0.2, 0) is 9.53 Å². The van der Waals surface area contributed by atoms with E-state index in [0.29, 0.717) is 5.92 Å². The number of hydrogen-bond acceptors (Lipinski definition) is 3. The molecule has 15 heavy (non-hydrogen) atoms. The fourth-order valence-corrected chi connectivity index (χ4v) is 2.37. The molecule has 2 fully saturated rings. The number of hydrogen-bond donors (Lipinski definition) is 1. The Morgan fingerprint density at radius 1 is 1.47 bits per heavy atom. The fraction of sp³-hybridized carbons (Fsp3) is 0.917. The third-order valence-corrected chi connectivity index (χ3v) is 4.03. The third-order valence-electron chi connectivity index (χ3n) is 4.03.